The van der Waals surface area contributed by atoms with Gasteiger partial charge < -0.3 is 4.79 Å². The molecule has 1 nitrogen and oxygen atoms in total. The fourth-order valence-electron chi connectivity index (χ4n) is 14.3. The van der Waals surface area contributed by atoms with E-state index in [4.69, 9.17) is 0 Å². The second-order valence-electron chi connectivity index (χ2n) is 16.7. The van der Waals surface area contributed by atoms with Crippen LogP contribution < -0.4 is 0 Å². The largest absolute Gasteiger partial charge is 0.303 e. The van der Waals surface area contributed by atoms with Gasteiger partial charge in [-0.2, -0.15) is 0 Å². The molecule has 0 aromatic heterocycles. The summed E-state index contributed by atoms with van der Waals surface area (Å²) in [5, 5.41) is 5.93. The second-order valence-corrected chi connectivity index (χ2v) is 16.7. The molecule has 0 radical (unpaired) electrons. The normalized spacial score (nSPS) is 43.2. The minimum atomic E-state index is -0.199. The Morgan fingerprint density at radius 2 is 1.44 bits per heavy atom. The molecule has 9 aliphatic carbocycles. The van der Waals surface area contributed by atoms with Crippen LogP contribution in [0.2, 0.25) is 0 Å². The zero-order chi connectivity index (χ0) is 28.9. The summed E-state index contributed by atoms with van der Waals surface area (Å²) in [5.41, 5.74) is 11.0. The van der Waals surface area contributed by atoms with Crippen molar-refractivity contribution in [2.24, 2.45) is 45.3 Å². The van der Waals surface area contributed by atoms with Crippen molar-refractivity contribution >= 4 is 40.0 Å². The zero-order valence-electron chi connectivity index (χ0n) is 25.9. The average Bonchev–Trinajstić information content (AvgIpc) is 3.54. The van der Waals surface area contributed by atoms with Gasteiger partial charge in [-0.3, -0.25) is 0 Å². The highest BCUT2D eigenvalue weighted by Gasteiger charge is 2.82. The molecule has 0 saturated heterocycles. The maximum absolute atomic E-state index is 12.9. The number of aldehydes is 1. The number of allylic oxidation sites excluding steroid dienone is 6. The molecule has 0 heterocycles. The van der Waals surface area contributed by atoms with E-state index in [1.54, 1.807) is 38.6 Å². The maximum Gasteiger partial charge on any atom is 0.126 e. The van der Waals surface area contributed by atoms with E-state index in [-0.39, 0.29) is 27.1 Å². The lowest BCUT2D eigenvalue weighted by Crippen LogP contribution is -2.74. The van der Waals surface area contributed by atoms with Crippen LogP contribution in [-0.4, -0.2) is 6.29 Å². The molecule has 12 rings (SSSR count). The summed E-state index contributed by atoms with van der Waals surface area (Å²) < 4.78 is 0. The van der Waals surface area contributed by atoms with Crippen molar-refractivity contribution in [3.05, 3.63) is 93.6 Å². The van der Waals surface area contributed by atoms with Crippen LogP contribution in [0.1, 0.15) is 88.5 Å². The molecule has 9 aliphatic rings. The van der Waals surface area contributed by atoms with E-state index in [0.29, 0.717) is 23.7 Å². The van der Waals surface area contributed by atoms with E-state index in [0.717, 1.165) is 12.8 Å². The summed E-state index contributed by atoms with van der Waals surface area (Å²) >= 11 is 0. The monoisotopic (exact) mass is 560 g/mol. The molecule has 0 N–H and O–H groups in total. The van der Waals surface area contributed by atoms with E-state index < -0.39 is 0 Å². The molecule has 43 heavy (non-hydrogen) atoms. The topological polar surface area (TPSA) is 17.1 Å². The third-order valence-corrected chi connectivity index (χ3v) is 15.3. The summed E-state index contributed by atoms with van der Waals surface area (Å²) in [6, 6.07) is 14.5. The van der Waals surface area contributed by atoms with Crippen LogP contribution in [0.15, 0.2) is 71.3 Å². The van der Waals surface area contributed by atoms with Gasteiger partial charge in [-0.25, -0.2) is 0 Å². The molecule has 3 aromatic rings. The molecular weight excluding hydrogens is 520 g/mol. The lowest BCUT2D eigenvalue weighted by atomic mass is 9.24. The third-order valence-electron chi connectivity index (χ3n) is 15.3. The van der Waals surface area contributed by atoms with Crippen molar-refractivity contribution in [3.63, 3.8) is 0 Å². The number of carbonyl (C=O) groups is 1. The summed E-state index contributed by atoms with van der Waals surface area (Å²) in [6.45, 7) is 9.89. The van der Waals surface area contributed by atoms with Gasteiger partial charge in [-0.05, 0) is 116 Å². The Balaban J connectivity index is 1.35. The van der Waals surface area contributed by atoms with E-state index in [1.807, 2.05) is 0 Å². The van der Waals surface area contributed by atoms with Gasteiger partial charge in [0.25, 0.3) is 0 Å². The lowest BCUT2D eigenvalue weighted by molar-refractivity contribution is -0.192. The lowest BCUT2D eigenvalue weighted by Gasteiger charge is -2.78. The molecule has 214 valence electrons. The van der Waals surface area contributed by atoms with Gasteiger partial charge in [-0.1, -0.05) is 106 Å². The smallest absolute Gasteiger partial charge is 0.126 e. The third kappa shape index (κ3) is 2.09. The average molecular weight is 561 g/mol. The molecule has 6 atom stereocenters. The standard InChI is InChI=1S/C42H40O/c1-23(2)30-21-40-17-14-32-38(3,22-43)15-5-16-39(32,4)33(40)20-31(30)41-28-12-13-29(41)19-27-11-9-25-7-6-24-8-10-26(18-28)36-34(24)35(25)37(27)42(36,40)41/h6-13,18-19,21-23,31-33H,5,14-17,20H2,1-4H3/t31?,32?,33?,38-,39-,40?,41?,42?/m0/s1. The highest BCUT2D eigenvalue weighted by molar-refractivity contribution is 6.19. The Morgan fingerprint density at radius 3 is 2.05 bits per heavy atom. The molecule has 0 aliphatic heterocycles. The first-order valence-corrected chi connectivity index (χ1v) is 17.1. The molecule has 3 spiro atoms. The van der Waals surface area contributed by atoms with Crippen molar-refractivity contribution < 1.29 is 4.79 Å². The highest BCUT2D eigenvalue weighted by atomic mass is 16.1. The van der Waals surface area contributed by atoms with Gasteiger partial charge in [0.05, 0.1) is 0 Å². The van der Waals surface area contributed by atoms with Crippen molar-refractivity contribution in [2.75, 3.05) is 0 Å². The fourth-order valence-corrected chi connectivity index (χ4v) is 14.3. The molecule has 3 fully saturated rings. The molecule has 3 aromatic carbocycles. The molecule has 0 amide bonds. The van der Waals surface area contributed by atoms with Crippen molar-refractivity contribution in [1.29, 1.82) is 0 Å². The minimum Gasteiger partial charge on any atom is -0.303 e. The molecular formula is C42H40O. The number of carbonyl (C=O) groups excluding carboxylic acids is 1. The predicted molar refractivity (Wildman–Crippen MR) is 176 cm³/mol. The number of hydrogen-bond acceptors (Lipinski definition) is 1. The van der Waals surface area contributed by atoms with E-state index >= 15 is 0 Å². The Hall–Kier alpha value is -3.19. The van der Waals surface area contributed by atoms with Crippen molar-refractivity contribution in [1.82, 2.24) is 0 Å². The molecule has 3 saturated carbocycles. The molecule has 2 bridgehead atoms. The molecule has 1 heteroatoms. The Labute approximate surface area is 254 Å². The number of benzene rings is 3. The van der Waals surface area contributed by atoms with Crippen LogP contribution in [0.3, 0.4) is 0 Å². The predicted octanol–water partition coefficient (Wildman–Crippen LogP) is 9.97. The summed E-state index contributed by atoms with van der Waals surface area (Å²) in [4.78, 5) is 12.9. The molecule has 4 unspecified atom stereocenters. The van der Waals surface area contributed by atoms with Crippen molar-refractivity contribution in [3.8, 4) is 0 Å². The van der Waals surface area contributed by atoms with Gasteiger partial charge in [0, 0.05) is 21.7 Å². The van der Waals surface area contributed by atoms with Gasteiger partial charge in [0.15, 0.2) is 0 Å². The van der Waals surface area contributed by atoms with Crippen LogP contribution in [0.4, 0.5) is 0 Å². The van der Waals surface area contributed by atoms with Crippen LogP contribution >= 0.6 is 0 Å². The number of fused-ring (bicyclic) bond motifs is 1. The van der Waals surface area contributed by atoms with E-state index in [2.05, 4.69) is 94.5 Å². The van der Waals surface area contributed by atoms with Gasteiger partial charge in [-0.15, -0.1) is 0 Å². The number of hydrogen-bond donors (Lipinski definition) is 0. The Morgan fingerprint density at radius 1 is 0.814 bits per heavy atom. The maximum atomic E-state index is 12.9. The Bertz CT molecular complexity index is 1960. The van der Waals surface area contributed by atoms with Crippen molar-refractivity contribution in [2.45, 2.75) is 71.6 Å². The first-order valence-electron chi connectivity index (χ1n) is 17.1. The van der Waals surface area contributed by atoms with E-state index in [1.165, 1.54) is 53.9 Å². The summed E-state index contributed by atoms with van der Waals surface area (Å²) in [5.74, 6) is 2.05. The second kappa shape index (κ2) is 6.88. The van der Waals surface area contributed by atoms with Gasteiger partial charge >= 0.3 is 0 Å². The first kappa shape index (κ1) is 24.2. The van der Waals surface area contributed by atoms with Gasteiger partial charge in [0.2, 0.25) is 0 Å². The van der Waals surface area contributed by atoms with Crippen LogP contribution in [0.5, 0.6) is 0 Å². The van der Waals surface area contributed by atoms with E-state index in [9.17, 15) is 4.79 Å². The van der Waals surface area contributed by atoms with Crippen LogP contribution in [-0.2, 0) is 10.2 Å². The van der Waals surface area contributed by atoms with Gasteiger partial charge in [0.1, 0.15) is 6.29 Å². The summed E-state index contributed by atoms with van der Waals surface area (Å²) in [7, 11) is 0. The first-order chi connectivity index (χ1) is 20.8. The SMILES string of the molecule is CC(C)C1=CC23CCC4[C@](C)(CCC[C@@]4(C)C=O)C2CC1C12C4=Cc5ccc6ccc7ccc(c8c7c6c5C831)C=C2C=C4. The quantitative estimate of drug-likeness (QED) is 0.173. The highest BCUT2D eigenvalue weighted by Crippen LogP contribution is 2.87. The number of rotatable bonds is 2. The summed E-state index contributed by atoms with van der Waals surface area (Å²) in [6.07, 6.45) is 21.7. The van der Waals surface area contributed by atoms with Crippen LogP contribution in [0.25, 0.3) is 33.7 Å². The fraction of sp³-hybridized carbons (Fsp3) is 0.452. The zero-order valence-corrected chi connectivity index (χ0v) is 25.9. The Kier molecular flexibility index (Phi) is 3.87. The minimum absolute atomic E-state index is 0.0177. The van der Waals surface area contributed by atoms with Crippen LogP contribution in [0, 0.1) is 45.3 Å².